The summed E-state index contributed by atoms with van der Waals surface area (Å²) >= 11 is 5.56. The van der Waals surface area contributed by atoms with E-state index in [0.717, 1.165) is 0 Å². The molecule has 1 heterocycles. The Balaban J connectivity index is 2.26. The van der Waals surface area contributed by atoms with Crippen molar-refractivity contribution in [3.63, 3.8) is 0 Å². The molecule has 8 heteroatoms. The Morgan fingerprint density at radius 2 is 1.80 bits per heavy atom. The largest absolute Gasteiger partial charge is 0.295 e. The summed E-state index contributed by atoms with van der Waals surface area (Å²) in [5.74, 6) is -0.0736. The maximum absolute atomic E-state index is 12.1. The van der Waals surface area contributed by atoms with Crippen LogP contribution in [0.5, 0.6) is 0 Å². The van der Waals surface area contributed by atoms with E-state index >= 15 is 0 Å². The van der Waals surface area contributed by atoms with Gasteiger partial charge in [-0.25, -0.2) is 18.4 Å². The van der Waals surface area contributed by atoms with Gasteiger partial charge < -0.3 is 0 Å². The minimum atomic E-state index is -3.78. The van der Waals surface area contributed by atoms with Gasteiger partial charge in [-0.3, -0.25) is 9.52 Å². The van der Waals surface area contributed by atoms with Crippen molar-refractivity contribution >= 4 is 33.2 Å². The third kappa shape index (κ3) is 3.31. The van der Waals surface area contributed by atoms with Crippen LogP contribution in [0.3, 0.4) is 0 Å². The second kappa shape index (κ2) is 5.56. The lowest BCUT2D eigenvalue weighted by atomic mass is 10.2. The van der Waals surface area contributed by atoms with Crippen LogP contribution in [-0.4, -0.2) is 24.2 Å². The number of carbonyl (C=O) groups excluding carboxylic acids is 1. The summed E-state index contributed by atoms with van der Waals surface area (Å²) in [7, 11) is -3.78. The van der Waals surface area contributed by atoms with Crippen LogP contribution in [0, 0.1) is 0 Å². The number of carbonyl (C=O) groups is 1. The van der Waals surface area contributed by atoms with Gasteiger partial charge in [0.05, 0.1) is 17.3 Å². The number of aromatic nitrogens is 2. The van der Waals surface area contributed by atoms with Gasteiger partial charge in [-0.15, -0.1) is 0 Å². The fourth-order valence-corrected chi connectivity index (χ4v) is 2.52. The van der Waals surface area contributed by atoms with E-state index in [9.17, 15) is 13.2 Å². The molecule has 0 unspecified atom stereocenters. The van der Waals surface area contributed by atoms with Crippen molar-refractivity contribution in [2.75, 3.05) is 4.72 Å². The molecule has 0 atom stereocenters. The number of rotatable bonds is 4. The molecule has 0 aliphatic rings. The summed E-state index contributed by atoms with van der Waals surface area (Å²) in [4.78, 5) is 18.7. The zero-order valence-corrected chi connectivity index (χ0v) is 11.9. The molecule has 0 saturated heterocycles. The van der Waals surface area contributed by atoms with Gasteiger partial charge in [-0.2, -0.15) is 0 Å². The highest BCUT2D eigenvalue weighted by molar-refractivity contribution is 7.92. The second-order valence-corrected chi connectivity index (χ2v) is 5.98. The van der Waals surface area contributed by atoms with E-state index in [-0.39, 0.29) is 21.6 Å². The number of sulfonamides is 1. The highest BCUT2D eigenvalue weighted by Crippen LogP contribution is 2.15. The molecule has 0 bridgehead atoms. The summed E-state index contributed by atoms with van der Waals surface area (Å²) in [6, 6.07) is 5.60. The standard InChI is InChI=1S/C12H10ClN3O3S/c1-8(17)9-2-4-10(5-3-9)20(18,19)16-12-7-14-11(13)6-15-12/h2-7H,1H3,(H,15,16). The number of benzene rings is 1. The van der Waals surface area contributed by atoms with Crippen molar-refractivity contribution in [1.82, 2.24) is 9.97 Å². The van der Waals surface area contributed by atoms with Gasteiger partial charge in [0.25, 0.3) is 10.0 Å². The van der Waals surface area contributed by atoms with E-state index < -0.39 is 10.0 Å². The molecule has 1 aromatic carbocycles. The van der Waals surface area contributed by atoms with Crippen LogP contribution < -0.4 is 4.72 Å². The van der Waals surface area contributed by atoms with E-state index in [2.05, 4.69) is 14.7 Å². The monoisotopic (exact) mass is 311 g/mol. The van der Waals surface area contributed by atoms with Gasteiger partial charge in [-0.05, 0) is 19.1 Å². The van der Waals surface area contributed by atoms with Crippen LogP contribution in [-0.2, 0) is 10.0 Å². The molecule has 20 heavy (non-hydrogen) atoms. The van der Waals surface area contributed by atoms with Crippen LogP contribution in [0.4, 0.5) is 5.82 Å². The summed E-state index contributed by atoms with van der Waals surface area (Å²) in [6.07, 6.45) is 2.45. The SMILES string of the molecule is CC(=O)c1ccc(S(=O)(=O)Nc2cnc(Cl)cn2)cc1. The molecule has 0 spiro atoms. The summed E-state index contributed by atoms with van der Waals surface area (Å²) in [6.45, 7) is 1.41. The minimum Gasteiger partial charge on any atom is -0.295 e. The second-order valence-electron chi connectivity index (χ2n) is 3.91. The van der Waals surface area contributed by atoms with Crippen LogP contribution in [0.25, 0.3) is 0 Å². The molecule has 104 valence electrons. The maximum atomic E-state index is 12.1. The van der Waals surface area contributed by atoms with E-state index in [1.165, 1.54) is 43.6 Å². The molecule has 0 radical (unpaired) electrons. The molecule has 0 fully saturated rings. The normalized spacial score (nSPS) is 11.1. The quantitative estimate of drug-likeness (QED) is 0.874. The number of hydrogen-bond acceptors (Lipinski definition) is 5. The minimum absolute atomic E-state index is 0.0271. The van der Waals surface area contributed by atoms with Crippen molar-refractivity contribution in [2.24, 2.45) is 0 Å². The predicted octanol–water partition coefficient (Wildman–Crippen LogP) is 2.13. The number of nitrogens with zero attached hydrogens (tertiary/aromatic N) is 2. The predicted molar refractivity (Wildman–Crippen MR) is 74.3 cm³/mol. The van der Waals surface area contributed by atoms with Crippen molar-refractivity contribution in [3.8, 4) is 0 Å². The molecule has 2 rings (SSSR count). The average Bonchev–Trinajstić information content (AvgIpc) is 2.41. The first-order valence-corrected chi connectivity index (χ1v) is 7.36. The van der Waals surface area contributed by atoms with Crippen LogP contribution in [0.1, 0.15) is 17.3 Å². The van der Waals surface area contributed by atoms with Gasteiger partial charge in [0, 0.05) is 5.56 Å². The Labute approximate surface area is 120 Å². The highest BCUT2D eigenvalue weighted by Gasteiger charge is 2.15. The number of hydrogen-bond donors (Lipinski definition) is 1. The molecule has 0 saturated carbocycles. The van der Waals surface area contributed by atoms with Crippen LogP contribution in [0.2, 0.25) is 5.15 Å². The number of nitrogens with one attached hydrogen (secondary N) is 1. The molecule has 6 nitrogen and oxygen atoms in total. The van der Waals surface area contributed by atoms with E-state index in [0.29, 0.717) is 5.56 Å². The first-order chi connectivity index (χ1) is 9.38. The Bertz CT molecular complexity index is 728. The number of ketones is 1. The fourth-order valence-electron chi connectivity index (χ4n) is 1.43. The van der Waals surface area contributed by atoms with E-state index in [4.69, 9.17) is 11.6 Å². The zero-order chi connectivity index (χ0) is 14.8. The third-order valence-corrected chi connectivity index (χ3v) is 4.00. The molecular formula is C12H10ClN3O3S. The molecule has 1 aromatic heterocycles. The number of Topliss-reactive ketones (excluding diaryl/α,β-unsaturated/α-hetero) is 1. The molecule has 0 aliphatic carbocycles. The van der Waals surface area contributed by atoms with E-state index in [1.807, 2.05) is 0 Å². The first-order valence-electron chi connectivity index (χ1n) is 5.50. The van der Waals surface area contributed by atoms with Gasteiger partial charge in [0.15, 0.2) is 11.6 Å². The lowest BCUT2D eigenvalue weighted by Crippen LogP contribution is -2.14. The lowest BCUT2D eigenvalue weighted by Gasteiger charge is -2.07. The smallest absolute Gasteiger partial charge is 0.263 e. The molecule has 2 aromatic rings. The third-order valence-electron chi connectivity index (χ3n) is 2.43. The van der Waals surface area contributed by atoms with Crippen LogP contribution >= 0.6 is 11.6 Å². The maximum Gasteiger partial charge on any atom is 0.263 e. The van der Waals surface area contributed by atoms with E-state index in [1.54, 1.807) is 0 Å². The topological polar surface area (TPSA) is 89.0 Å². The van der Waals surface area contributed by atoms with Gasteiger partial charge in [0.1, 0.15) is 5.15 Å². The Morgan fingerprint density at radius 3 is 2.30 bits per heavy atom. The van der Waals surface area contributed by atoms with Gasteiger partial charge >= 0.3 is 0 Å². The molecule has 0 amide bonds. The van der Waals surface area contributed by atoms with Crippen molar-refractivity contribution < 1.29 is 13.2 Å². The van der Waals surface area contributed by atoms with Gasteiger partial charge in [-0.1, -0.05) is 23.7 Å². The fraction of sp³-hybridized carbons (Fsp3) is 0.0833. The Hall–Kier alpha value is -1.99. The zero-order valence-electron chi connectivity index (χ0n) is 10.4. The number of anilines is 1. The summed E-state index contributed by atoms with van der Waals surface area (Å²) < 4.78 is 26.4. The van der Waals surface area contributed by atoms with Crippen molar-refractivity contribution in [1.29, 1.82) is 0 Å². The summed E-state index contributed by atoms with van der Waals surface area (Å²) in [5.41, 5.74) is 0.440. The average molecular weight is 312 g/mol. The molecule has 1 N–H and O–H groups in total. The van der Waals surface area contributed by atoms with Gasteiger partial charge in [0.2, 0.25) is 0 Å². The number of halogens is 1. The highest BCUT2D eigenvalue weighted by atomic mass is 35.5. The molecular weight excluding hydrogens is 302 g/mol. The van der Waals surface area contributed by atoms with Crippen molar-refractivity contribution in [2.45, 2.75) is 11.8 Å². The first kappa shape index (κ1) is 14.4. The van der Waals surface area contributed by atoms with Crippen molar-refractivity contribution in [3.05, 3.63) is 47.4 Å². The van der Waals surface area contributed by atoms with Crippen LogP contribution in [0.15, 0.2) is 41.6 Å². The summed E-state index contributed by atoms with van der Waals surface area (Å²) in [5, 5.41) is 0.166. The Morgan fingerprint density at radius 1 is 1.15 bits per heavy atom. The molecule has 0 aliphatic heterocycles. The lowest BCUT2D eigenvalue weighted by molar-refractivity contribution is 0.101. The Kier molecular flexibility index (Phi) is 4.01.